The van der Waals surface area contributed by atoms with E-state index >= 15 is 0 Å². The van der Waals surface area contributed by atoms with E-state index in [2.05, 4.69) is 15.6 Å². The van der Waals surface area contributed by atoms with Gasteiger partial charge in [-0.25, -0.2) is 9.07 Å². The predicted molar refractivity (Wildman–Crippen MR) is 151 cm³/mol. The second-order valence-corrected chi connectivity index (χ2v) is 10.1. The molecule has 0 saturated heterocycles. The Bertz CT molecular complexity index is 1530. The minimum Gasteiger partial charge on any atom is -0.493 e. The molecule has 9 nitrogen and oxygen atoms in total. The lowest BCUT2D eigenvalue weighted by Crippen LogP contribution is -2.51. The number of hydrogen-bond donors (Lipinski definition) is 1. The lowest BCUT2D eigenvalue weighted by molar-refractivity contribution is -0.128. The van der Waals surface area contributed by atoms with Crippen LogP contribution in [0, 0.1) is 12.7 Å². The highest BCUT2D eigenvalue weighted by atomic mass is 19.1. The lowest BCUT2D eigenvalue weighted by atomic mass is 9.97. The minimum absolute atomic E-state index is 0.205. The maximum absolute atomic E-state index is 14.9. The molecular weight excluding hydrogens is 513 g/mol. The van der Waals surface area contributed by atoms with Crippen molar-refractivity contribution in [3.05, 3.63) is 77.6 Å². The number of rotatable bonds is 10. The van der Waals surface area contributed by atoms with Gasteiger partial charge in [-0.2, -0.15) is 0 Å². The number of fused-ring (bicyclic) bond motifs is 1. The quantitative estimate of drug-likeness (QED) is 0.301. The van der Waals surface area contributed by atoms with E-state index in [1.807, 2.05) is 32.9 Å². The second-order valence-electron chi connectivity index (χ2n) is 10.1. The Labute approximate surface area is 232 Å². The molecule has 210 valence electrons. The molecule has 0 aliphatic rings. The van der Waals surface area contributed by atoms with Gasteiger partial charge >= 0.3 is 0 Å². The Morgan fingerprint density at radius 1 is 1.07 bits per heavy atom. The molecular formula is C30H34FN5O4. The van der Waals surface area contributed by atoms with Crippen molar-refractivity contribution in [3.63, 3.8) is 0 Å². The van der Waals surface area contributed by atoms with Crippen molar-refractivity contribution >= 4 is 28.5 Å². The van der Waals surface area contributed by atoms with Crippen LogP contribution in [0.5, 0.6) is 11.5 Å². The highest BCUT2D eigenvalue weighted by Crippen LogP contribution is 2.39. The summed E-state index contributed by atoms with van der Waals surface area (Å²) in [5.41, 5.74) is 1.68. The highest BCUT2D eigenvalue weighted by molar-refractivity contribution is 6.02. The number of anilines is 1. The first-order valence-electron chi connectivity index (χ1n) is 13.0. The first-order chi connectivity index (χ1) is 19.1. The van der Waals surface area contributed by atoms with E-state index in [9.17, 15) is 14.0 Å². The number of methoxy groups -OCH3 is 2. The third kappa shape index (κ3) is 5.75. The normalized spacial score (nSPS) is 12.2. The molecule has 0 aliphatic heterocycles. The average molecular weight is 548 g/mol. The third-order valence-corrected chi connectivity index (χ3v) is 6.99. The number of carbonyl (C=O) groups is 2. The summed E-state index contributed by atoms with van der Waals surface area (Å²) in [6, 6.07) is 15.6. The Morgan fingerprint density at radius 3 is 2.50 bits per heavy atom. The summed E-state index contributed by atoms with van der Waals surface area (Å²) in [5, 5.41) is 11.4. The number of nitrogens with zero attached hydrogens (tertiary/aromatic N) is 4. The summed E-state index contributed by atoms with van der Waals surface area (Å²) in [4.78, 5) is 29.7. The van der Waals surface area contributed by atoms with Gasteiger partial charge in [0.2, 0.25) is 11.8 Å². The van der Waals surface area contributed by atoms with E-state index in [1.54, 1.807) is 49.4 Å². The van der Waals surface area contributed by atoms with Crippen LogP contribution in [0.4, 0.5) is 10.1 Å². The number of ether oxygens (including phenoxy) is 2. The van der Waals surface area contributed by atoms with E-state index < -0.39 is 29.2 Å². The number of nitrogens with one attached hydrogen (secondary N) is 1. The van der Waals surface area contributed by atoms with E-state index in [4.69, 9.17) is 9.47 Å². The van der Waals surface area contributed by atoms with Gasteiger partial charge in [0.25, 0.3) is 0 Å². The zero-order chi connectivity index (χ0) is 29.0. The molecule has 1 aromatic heterocycles. The van der Waals surface area contributed by atoms with Crippen molar-refractivity contribution in [2.45, 2.75) is 52.2 Å². The maximum Gasteiger partial charge on any atom is 0.249 e. The van der Waals surface area contributed by atoms with Gasteiger partial charge in [-0.1, -0.05) is 42.5 Å². The van der Waals surface area contributed by atoms with Crippen LogP contribution in [0.1, 0.15) is 44.4 Å². The number of amides is 2. The second kappa shape index (κ2) is 11.7. The molecule has 0 radical (unpaired) electrons. The van der Waals surface area contributed by atoms with Crippen molar-refractivity contribution in [3.8, 4) is 11.5 Å². The monoisotopic (exact) mass is 547 g/mol. The topological polar surface area (TPSA) is 98.6 Å². The molecule has 0 bridgehead atoms. The molecule has 2 amide bonds. The molecule has 40 heavy (non-hydrogen) atoms. The average Bonchev–Trinajstić information content (AvgIpc) is 3.35. The smallest absolute Gasteiger partial charge is 0.249 e. The highest BCUT2D eigenvalue weighted by Gasteiger charge is 2.38. The van der Waals surface area contributed by atoms with Crippen LogP contribution >= 0.6 is 0 Å². The van der Waals surface area contributed by atoms with Crippen molar-refractivity contribution < 1.29 is 23.5 Å². The van der Waals surface area contributed by atoms with Gasteiger partial charge in [0.05, 0.1) is 19.7 Å². The molecule has 1 heterocycles. The zero-order valence-corrected chi connectivity index (χ0v) is 23.6. The van der Waals surface area contributed by atoms with E-state index in [0.717, 1.165) is 0 Å². The van der Waals surface area contributed by atoms with Crippen molar-refractivity contribution in [1.82, 2.24) is 20.3 Å². The van der Waals surface area contributed by atoms with Crippen LogP contribution in [0.3, 0.4) is 0 Å². The van der Waals surface area contributed by atoms with Crippen LogP contribution in [0.15, 0.2) is 60.7 Å². The molecule has 0 unspecified atom stereocenters. The molecule has 4 aromatic rings. The molecule has 1 N–H and O–H groups in total. The number of para-hydroxylation sites is 2. The molecule has 10 heteroatoms. The van der Waals surface area contributed by atoms with Crippen LogP contribution in [-0.4, -0.2) is 46.6 Å². The van der Waals surface area contributed by atoms with E-state index in [1.165, 1.54) is 29.9 Å². The number of hydrogen-bond acceptors (Lipinski definition) is 6. The molecule has 0 aliphatic carbocycles. The molecule has 0 saturated carbocycles. The summed E-state index contributed by atoms with van der Waals surface area (Å²) in [6.45, 7) is 7.12. The van der Waals surface area contributed by atoms with Crippen molar-refractivity contribution in [2.24, 2.45) is 0 Å². The van der Waals surface area contributed by atoms with Gasteiger partial charge in [-0.3, -0.25) is 14.5 Å². The summed E-state index contributed by atoms with van der Waals surface area (Å²) >= 11 is 0. The number of aryl methyl sites for hydroxylation is 1. The van der Waals surface area contributed by atoms with Gasteiger partial charge in [0, 0.05) is 16.8 Å². The first kappa shape index (κ1) is 28.5. The third-order valence-electron chi connectivity index (χ3n) is 6.99. The fourth-order valence-electron chi connectivity index (χ4n) is 4.42. The van der Waals surface area contributed by atoms with E-state index in [-0.39, 0.29) is 18.0 Å². The lowest BCUT2D eigenvalue weighted by Gasteiger charge is -2.35. The van der Waals surface area contributed by atoms with Gasteiger partial charge in [-0.15, -0.1) is 5.10 Å². The maximum atomic E-state index is 14.9. The Morgan fingerprint density at radius 2 is 1.82 bits per heavy atom. The predicted octanol–water partition coefficient (Wildman–Crippen LogP) is 4.98. The number of benzene rings is 3. The number of halogens is 1. The Balaban J connectivity index is 1.92. The number of aromatic nitrogens is 3. The summed E-state index contributed by atoms with van der Waals surface area (Å²) in [6.07, 6.45) is 0.638. The Hall–Kier alpha value is -4.47. The van der Waals surface area contributed by atoms with Gasteiger partial charge in [0.1, 0.15) is 23.9 Å². The molecule has 3 aromatic carbocycles. The molecule has 0 spiro atoms. The minimum atomic E-state index is -1.24. The van der Waals surface area contributed by atoms with Crippen molar-refractivity contribution in [1.29, 1.82) is 0 Å². The first-order valence-corrected chi connectivity index (χ1v) is 13.0. The Kier molecular flexibility index (Phi) is 8.37. The van der Waals surface area contributed by atoms with Crippen LogP contribution < -0.4 is 19.7 Å². The largest absolute Gasteiger partial charge is 0.493 e. The van der Waals surface area contributed by atoms with Crippen LogP contribution in [0.25, 0.3) is 11.0 Å². The number of carbonyl (C=O) groups excluding carboxylic acids is 2. The van der Waals surface area contributed by atoms with E-state index in [0.29, 0.717) is 34.3 Å². The SMILES string of the molecule is CCC(C)(C)NC(=O)[C@H](c1cccc(OC)c1OC)N(C(=O)Cn1nnc2ccccc21)c1ccc(C)c(F)c1. The zero-order valence-electron chi connectivity index (χ0n) is 23.6. The fourth-order valence-corrected chi connectivity index (χ4v) is 4.42. The standard InChI is InChI=1S/C30H34FN5O4/c1-7-30(3,4)32-29(38)27(21-11-10-14-25(39-5)28(21)40-6)36(20-16-15-19(2)22(31)17-20)26(37)18-35-24-13-9-8-12-23(24)33-34-35/h8-17,27H,7,18H2,1-6H3,(H,32,38)/t27-/m0/s1. The van der Waals surface area contributed by atoms with Gasteiger partial charge < -0.3 is 14.8 Å². The molecule has 1 atom stereocenters. The van der Waals surface area contributed by atoms with Gasteiger partial charge in [-0.05, 0) is 63.1 Å². The van der Waals surface area contributed by atoms with Crippen molar-refractivity contribution in [2.75, 3.05) is 19.1 Å². The van der Waals surface area contributed by atoms with Crippen LogP contribution in [-0.2, 0) is 16.1 Å². The molecule has 0 fully saturated rings. The van der Waals surface area contributed by atoms with Gasteiger partial charge in [0.15, 0.2) is 11.5 Å². The molecule has 4 rings (SSSR count). The summed E-state index contributed by atoms with van der Waals surface area (Å²) < 4.78 is 27.6. The van der Waals surface area contributed by atoms with Crippen LogP contribution in [0.2, 0.25) is 0 Å². The summed E-state index contributed by atoms with van der Waals surface area (Å²) in [5.74, 6) is -0.796. The summed E-state index contributed by atoms with van der Waals surface area (Å²) in [7, 11) is 2.95. The fraction of sp³-hybridized carbons (Fsp3) is 0.333.